The molecule has 1 aliphatic rings. The fourth-order valence-electron chi connectivity index (χ4n) is 4.07. The summed E-state index contributed by atoms with van der Waals surface area (Å²) in [6.07, 6.45) is 0.200. The summed E-state index contributed by atoms with van der Waals surface area (Å²) in [5.41, 5.74) is 2.95. The number of fused-ring (bicyclic) bond motifs is 1. The van der Waals surface area contributed by atoms with Gasteiger partial charge in [-0.25, -0.2) is 4.68 Å². The fourth-order valence-corrected chi connectivity index (χ4v) is 4.07. The van der Waals surface area contributed by atoms with Gasteiger partial charge >= 0.3 is 0 Å². The number of hydrogen-bond acceptors (Lipinski definition) is 4. The van der Waals surface area contributed by atoms with Gasteiger partial charge in [0.25, 0.3) is 5.56 Å². The van der Waals surface area contributed by atoms with E-state index in [9.17, 15) is 9.59 Å². The highest BCUT2D eigenvalue weighted by atomic mass is 16.2. The van der Waals surface area contributed by atoms with Crippen LogP contribution in [0.4, 0.5) is 5.69 Å². The molecule has 4 rings (SSSR count). The highest BCUT2D eigenvalue weighted by Gasteiger charge is 2.27. The predicted octanol–water partition coefficient (Wildman–Crippen LogP) is 2.52. The van der Waals surface area contributed by atoms with Gasteiger partial charge in [0.15, 0.2) is 0 Å². The number of piperazine rings is 1. The van der Waals surface area contributed by atoms with Crippen LogP contribution in [0.25, 0.3) is 10.8 Å². The predicted molar refractivity (Wildman–Crippen MR) is 115 cm³/mol. The molecule has 2 heterocycles. The summed E-state index contributed by atoms with van der Waals surface area (Å²) >= 11 is 0. The van der Waals surface area contributed by atoms with E-state index in [4.69, 9.17) is 0 Å². The van der Waals surface area contributed by atoms with Crippen molar-refractivity contribution in [2.24, 2.45) is 7.05 Å². The zero-order valence-corrected chi connectivity index (χ0v) is 17.1. The van der Waals surface area contributed by atoms with E-state index in [1.54, 1.807) is 13.1 Å². The summed E-state index contributed by atoms with van der Waals surface area (Å²) in [5, 5.41) is 5.73. The van der Waals surface area contributed by atoms with E-state index in [2.05, 4.69) is 48.1 Å². The van der Waals surface area contributed by atoms with Crippen molar-refractivity contribution in [1.82, 2.24) is 14.7 Å². The van der Waals surface area contributed by atoms with Crippen molar-refractivity contribution in [3.63, 3.8) is 0 Å². The van der Waals surface area contributed by atoms with E-state index >= 15 is 0 Å². The van der Waals surface area contributed by atoms with E-state index < -0.39 is 0 Å². The van der Waals surface area contributed by atoms with E-state index in [0.717, 1.165) is 11.9 Å². The van der Waals surface area contributed by atoms with Gasteiger partial charge in [0.1, 0.15) is 0 Å². The lowest BCUT2D eigenvalue weighted by atomic mass is 10.1. The Morgan fingerprint density at radius 2 is 1.76 bits per heavy atom. The van der Waals surface area contributed by atoms with Crippen LogP contribution < -0.4 is 10.5 Å². The Labute approximate surface area is 170 Å². The quantitative estimate of drug-likeness (QED) is 0.690. The third kappa shape index (κ3) is 3.75. The summed E-state index contributed by atoms with van der Waals surface area (Å²) in [6.45, 7) is 6.40. The molecule has 3 aromatic rings. The van der Waals surface area contributed by atoms with Crippen molar-refractivity contribution in [3.8, 4) is 0 Å². The lowest BCUT2D eigenvalue weighted by molar-refractivity contribution is -0.131. The minimum absolute atomic E-state index is 0.0525. The van der Waals surface area contributed by atoms with Gasteiger partial charge in [0.05, 0.1) is 17.5 Å². The molecule has 1 saturated heterocycles. The molecular weight excluding hydrogens is 364 g/mol. The van der Waals surface area contributed by atoms with Crippen LogP contribution in [0.3, 0.4) is 0 Å². The number of amides is 1. The van der Waals surface area contributed by atoms with Gasteiger partial charge in [-0.3, -0.25) is 9.59 Å². The lowest BCUT2D eigenvalue weighted by Gasteiger charge is -2.41. The molecule has 29 heavy (non-hydrogen) atoms. The molecule has 0 aliphatic carbocycles. The smallest absolute Gasteiger partial charge is 0.274 e. The number of hydrogen-bond donors (Lipinski definition) is 0. The number of benzene rings is 2. The van der Waals surface area contributed by atoms with Crippen LogP contribution in [0.2, 0.25) is 0 Å². The van der Waals surface area contributed by atoms with Crippen molar-refractivity contribution < 1.29 is 4.79 Å². The van der Waals surface area contributed by atoms with Crippen LogP contribution in [0.5, 0.6) is 0 Å². The number of rotatable bonds is 3. The number of carbonyl (C=O) groups is 1. The first-order valence-electron chi connectivity index (χ1n) is 10.00. The average molecular weight is 390 g/mol. The summed E-state index contributed by atoms with van der Waals surface area (Å²) in [4.78, 5) is 29.6. The van der Waals surface area contributed by atoms with Crippen LogP contribution in [0, 0.1) is 6.92 Å². The van der Waals surface area contributed by atoms with Gasteiger partial charge in [0, 0.05) is 43.8 Å². The summed E-state index contributed by atoms with van der Waals surface area (Å²) in [7, 11) is 1.63. The molecule has 1 aromatic heterocycles. The molecule has 1 amide bonds. The molecule has 0 unspecified atom stereocenters. The first-order chi connectivity index (χ1) is 13.9. The normalized spacial score (nSPS) is 17.0. The highest BCUT2D eigenvalue weighted by molar-refractivity contribution is 5.88. The van der Waals surface area contributed by atoms with Crippen LogP contribution in [-0.4, -0.2) is 46.3 Å². The lowest BCUT2D eigenvalue weighted by Crippen LogP contribution is -2.54. The molecule has 0 radical (unpaired) electrons. The summed E-state index contributed by atoms with van der Waals surface area (Å²) in [6, 6.07) is 16.1. The molecule has 1 aliphatic heterocycles. The molecule has 6 nitrogen and oxygen atoms in total. The summed E-state index contributed by atoms with van der Waals surface area (Å²) < 4.78 is 1.32. The van der Waals surface area contributed by atoms with Crippen molar-refractivity contribution in [2.75, 3.05) is 24.5 Å². The Bertz CT molecular complexity index is 1100. The van der Waals surface area contributed by atoms with Gasteiger partial charge in [-0.15, -0.1) is 0 Å². The summed E-state index contributed by atoms with van der Waals surface area (Å²) in [5.74, 6) is 0.0525. The van der Waals surface area contributed by atoms with E-state index in [1.807, 2.05) is 23.1 Å². The van der Waals surface area contributed by atoms with Crippen LogP contribution in [-0.2, 0) is 18.3 Å². The Hall–Kier alpha value is -3.15. The third-order valence-corrected chi connectivity index (χ3v) is 5.70. The number of aromatic nitrogens is 2. The average Bonchev–Trinajstić information content (AvgIpc) is 2.72. The Morgan fingerprint density at radius 3 is 2.45 bits per heavy atom. The number of carbonyl (C=O) groups excluding carboxylic acids is 1. The molecule has 0 saturated carbocycles. The molecule has 1 fully saturated rings. The van der Waals surface area contributed by atoms with Crippen LogP contribution in [0.1, 0.15) is 18.2 Å². The third-order valence-electron chi connectivity index (χ3n) is 5.70. The number of nitrogens with zero attached hydrogens (tertiary/aromatic N) is 4. The molecule has 150 valence electrons. The molecule has 6 heteroatoms. The maximum Gasteiger partial charge on any atom is 0.274 e. The molecular formula is C23H26N4O2. The van der Waals surface area contributed by atoms with Gasteiger partial charge in [-0.2, -0.15) is 5.10 Å². The van der Waals surface area contributed by atoms with Crippen molar-refractivity contribution >= 4 is 22.4 Å². The monoisotopic (exact) mass is 390 g/mol. The maximum atomic E-state index is 13.0. The van der Waals surface area contributed by atoms with E-state index in [1.165, 1.54) is 15.9 Å². The first-order valence-corrected chi connectivity index (χ1v) is 10.00. The minimum atomic E-state index is -0.142. The zero-order valence-electron chi connectivity index (χ0n) is 17.1. The van der Waals surface area contributed by atoms with Gasteiger partial charge in [-0.1, -0.05) is 35.9 Å². The van der Waals surface area contributed by atoms with E-state index in [0.29, 0.717) is 24.2 Å². The van der Waals surface area contributed by atoms with Gasteiger partial charge in [0.2, 0.25) is 5.91 Å². The zero-order chi connectivity index (χ0) is 20.5. The standard InChI is InChI=1S/C23H26N4O2/c1-16-8-10-18(11-9-16)27-13-12-26(15-17(27)2)22(28)14-21-19-6-4-5-7-20(19)23(29)25(3)24-21/h4-11,17H,12-15H2,1-3H3/t17-/m0/s1. The Kier molecular flexibility index (Phi) is 5.09. The maximum absolute atomic E-state index is 13.0. The second-order valence-electron chi connectivity index (χ2n) is 7.82. The van der Waals surface area contributed by atoms with Crippen molar-refractivity contribution in [2.45, 2.75) is 26.3 Å². The minimum Gasteiger partial charge on any atom is -0.365 e. The largest absolute Gasteiger partial charge is 0.365 e. The highest BCUT2D eigenvalue weighted by Crippen LogP contribution is 2.22. The van der Waals surface area contributed by atoms with Crippen LogP contribution in [0.15, 0.2) is 53.3 Å². The van der Waals surface area contributed by atoms with Crippen LogP contribution >= 0.6 is 0 Å². The number of aryl methyl sites for hydroxylation is 2. The van der Waals surface area contributed by atoms with Gasteiger partial charge < -0.3 is 9.80 Å². The number of anilines is 1. The second-order valence-corrected chi connectivity index (χ2v) is 7.82. The topological polar surface area (TPSA) is 58.4 Å². The fraction of sp³-hybridized carbons (Fsp3) is 0.348. The Morgan fingerprint density at radius 1 is 1.07 bits per heavy atom. The molecule has 0 N–H and O–H groups in total. The molecule has 1 atom stereocenters. The molecule has 0 bridgehead atoms. The Balaban J connectivity index is 1.51. The van der Waals surface area contributed by atoms with Crippen molar-refractivity contribution in [3.05, 3.63) is 70.1 Å². The van der Waals surface area contributed by atoms with Gasteiger partial charge in [-0.05, 0) is 32.0 Å². The van der Waals surface area contributed by atoms with E-state index in [-0.39, 0.29) is 23.9 Å². The molecule has 2 aromatic carbocycles. The van der Waals surface area contributed by atoms with Crippen molar-refractivity contribution in [1.29, 1.82) is 0 Å². The molecule has 0 spiro atoms. The SMILES string of the molecule is Cc1ccc(N2CCN(C(=O)Cc3nn(C)c(=O)c4ccccc34)C[C@@H]2C)cc1. The first kappa shape index (κ1) is 19.2. The second kappa shape index (κ2) is 7.70.